The Morgan fingerprint density at radius 3 is 2.88 bits per heavy atom. The van der Waals surface area contributed by atoms with Crippen LogP contribution in [0.15, 0.2) is 18.2 Å². The summed E-state index contributed by atoms with van der Waals surface area (Å²) < 4.78 is 5.11. The molecule has 0 unspecified atom stereocenters. The van der Waals surface area contributed by atoms with Crippen molar-refractivity contribution < 1.29 is 9.53 Å². The molecule has 4 N–H and O–H groups in total. The van der Waals surface area contributed by atoms with Crippen molar-refractivity contribution in [2.24, 2.45) is 5.84 Å². The summed E-state index contributed by atoms with van der Waals surface area (Å²) in [5, 5.41) is 0.986. The van der Waals surface area contributed by atoms with E-state index in [0.717, 1.165) is 22.2 Å². The van der Waals surface area contributed by atoms with Gasteiger partial charge >= 0.3 is 0 Å². The summed E-state index contributed by atoms with van der Waals surface area (Å²) in [4.78, 5) is 14.5. The van der Waals surface area contributed by atoms with Crippen molar-refractivity contribution in [3.8, 4) is 5.75 Å². The summed E-state index contributed by atoms with van der Waals surface area (Å²) in [6.07, 6.45) is 0. The van der Waals surface area contributed by atoms with E-state index in [0.29, 0.717) is 5.69 Å². The highest BCUT2D eigenvalue weighted by Crippen LogP contribution is 2.25. The lowest BCUT2D eigenvalue weighted by molar-refractivity contribution is 0.0949. The lowest BCUT2D eigenvalue weighted by Crippen LogP contribution is -2.30. The fourth-order valence-corrected chi connectivity index (χ4v) is 1.74. The second kappa shape index (κ2) is 3.86. The predicted molar refractivity (Wildman–Crippen MR) is 61.2 cm³/mol. The number of benzene rings is 1. The number of carbonyl (C=O) groups is 1. The van der Waals surface area contributed by atoms with Crippen LogP contribution in [0, 0.1) is 6.92 Å². The van der Waals surface area contributed by atoms with Gasteiger partial charge in [-0.2, -0.15) is 0 Å². The molecule has 1 aromatic heterocycles. The molecule has 0 saturated carbocycles. The maximum atomic E-state index is 11.5. The zero-order chi connectivity index (χ0) is 11.7. The second-order valence-corrected chi connectivity index (χ2v) is 3.51. The average molecular weight is 219 g/mol. The maximum absolute atomic E-state index is 11.5. The monoisotopic (exact) mass is 219 g/mol. The van der Waals surface area contributed by atoms with E-state index >= 15 is 0 Å². The molecule has 0 fully saturated rings. The Kier molecular flexibility index (Phi) is 2.54. The molecule has 0 atom stereocenters. The van der Waals surface area contributed by atoms with E-state index in [2.05, 4.69) is 10.4 Å². The molecule has 2 aromatic rings. The van der Waals surface area contributed by atoms with E-state index in [9.17, 15) is 4.79 Å². The number of aromatic nitrogens is 1. The van der Waals surface area contributed by atoms with E-state index in [1.54, 1.807) is 7.11 Å². The molecule has 0 aliphatic heterocycles. The van der Waals surface area contributed by atoms with Crippen LogP contribution < -0.4 is 16.0 Å². The zero-order valence-corrected chi connectivity index (χ0v) is 9.13. The van der Waals surface area contributed by atoms with Gasteiger partial charge in [-0.3, -0.25) is 10.2 Å². The van der Waals surface area contributed by atoms with Crippen LogP contribution >= 0.6 is 0 Å². The molecule has 1 aromatic carbocycles. The largest absolute Gasteiger partial charge is 0.497 e. The molecule has 0 saturated heterocycles. The molecule has 84 valence electrons. The number of amides is 1. The first-order valence-electron chi connectivity index (χ1n) is 4.84. The van der Waals surface area contributed by atoms with Crippen molar-refractivity contribution in [3.63, 3.8) is 0 Å². The molecule has 0 radical (unpaired) electrons. The minimum atomic E-state index is -0.326. The third kappa shape index (κ3) is 1.51. The van der Waals surface area contributed by atoms with Gasteiger partial charge in [0.2, 0.25) is 0 Å². The van der Waals surface area contributed by atoms with Crippen LogP contribution in [0.1, 0.15) is 16.1 Å². The molecule has 0 aliphatic carbocycles. The summed E-state index contributed by atoms with van der Waals surface area (Å²) in [5.41, 5.74) is 4.32. The maximum Gasteiger partial charge on any atom is 0.281 e. The Bertz CT molecular complexity index is 545. The summed E-state index contributed by atoms with van der Waals surface area (Å²) in [6, 6.07) is 5.61. The van der Waals surface area contributed by atoms with Gasteiger partial charge < -0.3 is 9.72 Å². The first-order chi connectivity index (χ1) is 7.67. The first kappa shape index (κ1) is 10.5. The number of aryl methyl sites for hydroxylation is 1. The quantitative estimate of drug-likeness (QED) is 0.402. The summed E-state index contributed by atoms with van der Waals surface area (Å²) in [7, 11) is 1.60. The van der Waals surface area contributed by atoms with Gasteiger partial charge in [0, 0.05) is 17.0 Å². The van der Waals surface area contributed by atoms with Crippen LogP contribution in [0.5, 0.6) is 5.75 Å². The summed E-state index contributed by atoms with van der Waals surface area (Å²) in [6.45, 7) is 1.87. The molecule has 0 aliphatic rings. The van der Waals surface area contributed by atoms with Crippen LogP contribution in [0.25, 0.3) is 10.9 Å². The van der Waals surface area contributed by atoms with Crippen molar-refractivity contribution in [2.75, 3.05) is 7.11 Å². The molecule has 2 rings (SSSR count). The van der Waals surface area contributed by atoms with Crippen molar-refractivity contribution in [3.05, 3.63) is 29.5 Å². The number of nitrogens with two attached hydrogens (primary N) is 1. The second-order valence-electron chi connectivity index (χ2n) is 3.51. The fourth-order valence-electron chi connectivity index (χ4n) is 1.74. The van der Waals surface area contributed by atoms with Gasteiger partial charge in [-0.05, 0) is 24.6 Å². The van der Waals surface area contributed by atoms with E-state index < -0.39 is 0 Å². The van der Waals surface area contributed by atoms with E-state index in [4.69, 9.17) is 10.6 Å². The Balaban J connectivity index is 2.63. The summed E-state index contributed by atoms with van der Waals surface area (Å²) in [5.74, 6) is 5.52. The van der Waals surface area contributed by atoms with Gasteiger partial charge in [0.25, 0.3) is 5.91 Å². The lowest BCUT2D eigenvalue weighted by Gasteiger charge is -1.98. The lowest BCUT2D eigenvalue weighted by atomic mass is 10.1. The molecule has 5 nitrogen and oxygen atoms in total. The van der Waals surface area contributed by atoms with Crippen molar-refractivity contribution >= 4 is 16.8 Å². The standard InChI is InChI=1S/C11H13N3O2/c1-6-8-4-3-7(16-2)5-9(8)13-10(6)11(15)14-12/h3-5,13H,12H2,1-2H3,(H,14,15). The fraction of sp³-hybridized carbons (Fsp3) is 0.182. The minimum absolute atomic E-state index is 0.326. The molecule has 16 heavy (non-hydrogen) atoms. The number of carbonyl (C=O) groups excluding carboxylic acids is 1. The summed E-state index contributed by atoms with van der Waals surface area (Å²) >= 11 is 0. The number of methoxy groups -OCH3 is 1. The minimum Gasteiger partial charge on any atom is -0.497 e. The third-order valence-corrected chi connectivity index (χ3v) is 2.62. The smallest absolute Gasteiger partial charge is 0.281 e. The zero-order valence-electron chi connectivity index (χ0n) is 9.13. The highest BCUT2D eigenvalue weighted by Gasteiger charge is 2.13. The molecular formula is C11H13N3O2. The van der Waals surface area contributed by atoms with Gasteiger partial charge in [-0.15, -0.1) is 0 Å². The van der Waals surface area contributed by atoms with Crippen LogP contribution in [0.4, 0.5) is 0 Å². The van der Waals surface area contributed by atoms with Gasteiger partial charge in [0.05, 0.1) is 7.11 Å². The molecule has 5 heteroatoms. The number of H-pyrrole nitrogens is 1. The predicted octanol–water partition coefficient (Wildman–Crippen LogP) is 1.09. The highest BCUT2D eigenvalue weighted by atomic mass is 16.5. The topological polar surface area (TPSA) is 80.1 Å². The number of nitrogen functional groups attached to an aromatic ring is 1. The molecule has 1 amide bonds. The van der Waals surface area contributed by atoms with E-state index in [1.165, 1.54) is 0 Å². The average Bonchev–Trinajstić information content (AvgIpc) is 2.65. The van der Waals surface area contributed by atoms with Crippen molar-refractivity contribution in [1.29, 1.82) is 0 Å². The number of aromatic amines is 1. The number of nitrogens with one attached hydrogen (secondary N) is 2. The van der Waals surface area contributed by atoms with Gasteiger partial charge in [-0.1, -0.05) is 0 Å². The Morgan fingerprint density at radius 1 is 1.50 bits per heavy atom. The van der Waals surface area contributed by atoms with Crippen molar-refractivity contribution in [1.82, 2.24) is 10.4 Å². The van der Waals surface area contributed by atoms with Crippen LogP contribution in [0.2, 0.25) is 0 Å². The number of fused-ring (bicyclic) bond motifs is 1. The number of hydrazine groups is 1. The third-order valence-electron chi connectivity index (χ3n) is 2.62. The van der Waals surface area contributed by atoms with Gasteiger partial charge in [0.1, 0.15) is 11.4 Å². The Morgan fingerprint density at radius 2 is 2.25 bits per heavy atom. The number of ether oxygens (including phenoxy) is 1. The van der Waals surface area contributed by atoms with Crippen LogP contribution in [-0.2, 0) is 0 Å². The number of rotatable bonds is 2. The Hall–Kier alpha value is -2.01. The molecule has 0 bridgehead atoms. The first-order valence-corrected chi connectivity index (χ1v) is 4.84. The number of hydrogen-bond acceptors (Lipinski definition) is 3. The SMILES string of the molecule is COc1ccc2c(C)c(C(=O)NN)[nH]c2c1. The molecule has 1 heterocycles. The normalized spacial score (nSPS) is 10.4. The van der Waals surface area contributed by atoms with Crippen LogP contribution in [-0.4, -0.2) is 18.0 Å². The number of hydrogen-bond donors (Lipinski definition) is 3. The van der Waals surface area contributed by atoms with Crippen LogP contribution in [0.3, 0.4) is 0 Å². The van der Waals surface area contributed by atoms with E-state index in [1.807, 2.05) is 25.1 Å². The molecular weight excluding hydrogens is 206 g/mol. The van der Waals surface area contributed by atoms with E-state index in [-0.39, 0.29) is 5.91 Å². The van der Waals surface area contributed by atoms with Crippen molar-refractivity contribution in [2.45, 2.75) is 6.92 Å². The van der Waals surface area contributed by atoms with Gasteiger partial charge in [0.15, 0.2) is 0 Å². The molecule has 0 spiro atoms. The van der Waals surface area contributed by atoms with Gasteiger partial charge in [-0.25, -0.2) is 5.84 Å². The Labute approximate surface area is 92.6 Å². The highest BCUT2D eigenvalue weighted by molar-refractivity contribution is 6.00.